The van der Waals surface area contributed by atoms with E-state index < -0.39 is 0 Å². The van der Waals surface area contributed by atoms with Crippen LogP contribution in [-0.4, -0.2) is 32.9 Å². The Hall–Kier alpha value is -3.74. The first kappa shape index (κ1) is 15.8. The average Bonchev–Trinajstić information content (AvgIpc) is 3.15. The average molecular weight is 344 g/mol. The van der Waals surface area contributed by atoms with Gasteiger partial charge in [-0.05, 0) is 36.4 Å². The molecule has 0 spiro atoms. The van der Waals surface area contributed by atoms with Crippen LogP contribution in [-0.2, 0) is 0 Å². The summed E-state index contributed by atoms with van der Waals surface area (Å²) in [7, 11) is 1.60. The minimum atomic E-state index is -0.143. The minimum Gasteiger partial charge on any atom is -0.355 e. The molecule has 4 rings (SSSR count). The zero-order valence-corrected chi connectivity index (χ0v) is 14.0. The van der Waals surface area contributed by atoms with Crippen LogP contribution in [0.4, 0.5) is 11.6 Å². The Balaban J connectivity index is 1.62. The highest BCUT2D eigenvalue weighted by molar-refractivity contribution is 5.95. The van der Waals surface area contributed by atoms with Crippen LogP contribution in [0.2, 0.25) is 0 Å². The summed E-state index contributed by atoms with van der Waals surface area (Å²) >= 11 is 0. The van der Waals surface area contributed by atoms with Gasteiger partial charge in [0.2, 0.25) is 5.95 Å². The number of nitrogens with one attached hydrogen (secondary N) is 3. The Morgan fingerprint density at radius 3 is 2.88 bits per heavy atom. The van der Waals surface area contributed by atoms with Gasteiger partial charge in [-0.15, -0.1) is 0 Å². The first-order valence-corrected chi connectivity index (χ1v) is 8.09. The van der Waals surface area contributed by atoms with Crippen molar-refractivity contribution in [2.45, 2.75) is 0 Å². The lowest BCUT2D eigenvalue weighted by atomic mass is 10.1. The lowest BCUT2D eigenvalue weighted by Crippen LogP contribution is -2.17. The molecule has 0 bridgehead atoms. The molecule has 7 nitrogen and oxygen atoms in total. The van der Waals surface area contributed by atoms with Crippen molar-refractivity contribution in [1.82, 2.24) is 25.3 Å². The van der Waals surface area contributed by atoms with Crippen molar-refractivity contribution in [3.8, 4) is 11.3 Å². The molecule has 0 atom stereocenters. The van der Waals surface area contributed by atoms with Crippen LogP contribution in [0.25, 0.3) is 22.3 Å². The van der Waals surface area contributed by atoms with Gasteiger partial charge >= 0.3 is 0 Å². The quantitative estimate of drug-likeness (QED) is 0.529. The van der Waals surface area contributed by atoms with E-state index >= 15 is 0 Å². The lowest BCUT2D eigenvalue weighted by molar-refractivity contribution is 0.0963. The molecule has 128 valence electrons. The summed E-state index contributed by atoms with van der Waals surface area (Å²) in [6, 6.07) is 15.0. The fourth-order valence-electron chi connectivity index (χ4n) is 2.68. The van der Waals surface area contributed by atoms with Crippen molar-refractivity contribution in [2.24, 2.45) is 0 Å². The molecule has 2 aromatic carbocycles. The Labute approximate surface area is 149 Å². The molecule has 0 unspecified atom stereocenters. The minimum absolute atomic E-state index is 0.143. The zero-order chi connectivity index (χ0) is 17.9. The summed E-state index contributed by atoms with van der Waals surface area (Å²) < 4.78 is 0. The molecule has 0 radical (unpaired) electrons. The van der Waals surface area contributed by atoms with E-state index in [9.17, 15) is 4.79 Å². The van der Waals surface area contributed by atoms with Crippen molar-refractivity contribution in [3.63, 3.8) is 0 Å². The standard InChI is InChI=1S/C19H16N6O/c1-20-18(26)13-3-2-4-14(9-13)24-19-21-8-7-15(25-19)12-5-6-16-17(10-12)23-11-22-16/h2-11H,1H3,(H,20,26)(H,22,23)(H,21,24,25). The summed E-state index contributed by atoms with van der Waals surface area (Å²) in [4.78, 5) is 27.9. The van der Waals surface area contributed by atoms with Gasteiger partial charge in [-0.3, -0.25) is 4.79 Å². The molecule has 26 heavy (non-hydrogen) atoms. The van der Waals surface area contributed by atoms with Gasteiger partial charge < -0.3 is 15.6 Å². The van der Waals surface area contributed by atoms with Crippen molar-refractivity contribution < 1.29 is 4.79 Å². The third-order valence-corrected chi connectivity index (χ3v) is 3.98. The van der Waals surface area contributed by atoms with E-state index in [1.165, 1.54) is 0 Å². The highest BCUT2D eigenvalue weighted by atomic mass is 16.1. The maximum Gasteiger partial charge on any atom is 0.251 e. The van der Waals surface area contributed by atoms with E-state index in [1.54, 1.807) is 31.7 Å². The van der Waals surface area contributed by atoms with Gasteiger partial charge in [-0.1, -0.05) is 12.1 Å². The Kier molecular flexibility index (Phi) is 4.03. The molecule has 0 aliphatic rings. The predicted octanol–water partition coefficient (Wildman–Crippen LogP) is 3.12. The van der Waals surface area contributed by atoms with Gasteiger partial charge in [0.15, 0.2) is 0 Å². The number of amides is 1. The van der Waals surface area contributed by atoms with Gasteiger partial charge in [-0.2, -0.15) is 0 Å². The largest absolute Gasteiger partial charge is 0.355 e. The fraction of sp³-hybridized carbons (Fsp3) is 0.0526. The molecular weight excluding hydrogens is 328 g/mol. The molecule has 4 aromatic rings. The number of benzene rings is 2. The van der Waals surface area contributed by atoms with E-state index in [4.69, 9.17) is 0 Å². The van der Waals surface area contributed by atoms with Crippen LogP contribution >= 0.6 is 0 Å². The van der Waals surface area contributed by atoms with Crippen molar-refractivity contribution in [2.75, 3.05) is 12.4 Å². The first-order chi connectivity index (χ1) is 12.7. The topological polar surface area (TPSA) is 95.6 Å². The molecule has 0 aliphatic heterocycles. The van der Waals surface area contributed by atoms with Crippen LogP contribution < -0.4 is 10.6 Å². The smallest absolute Gasteiger partial charge is 0.251 e. The fourth-order valence-corrected chi connectivity index (χ4v) is 2.68. The molecule has 0 fully saturated rings. The van der Waals surface area contributed by atoms with Gasteiger partial charge in [0, 0.05) is 30.1 Å². The highest BCUT2D eigenvalue weighted by Crippen LogP contribution is 2.23. The molecule has 3 N–H and O–H groups in total. The Bertz CT molecular complexity index is 1090. The second-order valence-electron chi connectivity index (χ2n) is 5.68. The maximum absolute atomic E-state index is 11.8. The van der Waals surface area contributed by atoms with Crippen molar-refractivity contribution >= 4 is 28.6 Å². The summed E-state index contributed by atoms with van der Waals surface area (Å²) in [5, 5.41) is 5.75. The van der Waals surface area contributed by atoms with Crippen molar-refractivity contribution in [3.05, 3.63) is 66.6 Å². The molecular formula is C19H16N6O. The molecule has 1 amide bonds. The van der Waals surface area contributed by atoms with E-state index in [-0.39, 0.29) is 5.91 Å². The van der Waals surface area contributed by atoms with E-state index in [0.717, 1.165) is 28.0 Å². The van der Waals surface area contributed by atoms with Crippen LogP contribution in [0.15, 0.2) is 61.1 Å². The SMILES string of the molecule is CNC(=O)c1cccc(Nc2nccc(-c3ccc4[nH]cnc4c3)n2)c1. The van der Waals surface area contributed by atoms with Crippen LogP contribution in [0.1, 0.15) is 10.4 Å². The number of aromatic amines is 1. The summed E-state index contributed by atoms with van der Waals surface area (Å²) in [5.74, 6) is 0.314. The molecule has 7 heteroatoms. The predicted molar refractivity (Wildman–Crippen MR) is 100 cm³/mol. The number of aromatic nitrogens is 4. The van der Waals surface area contributed by atoms with Crippen LogP contribution in [0.5, 0.6) is 0 Å². The number of rotatable bonds is 4. The monoisotopic (exact) mass is 344 g/mol. The van der Waals surface area contributed by atoms with Crippen LogP contribution in [0.3, 0.4) is 0 Å². The van der Waals surface area contributed by atoms with Gasteiger partial charge in [-0.25, -0.2) is 15.0 Å². The molecule has 2 heterocycles. The number of anilines is 2. The first-order valence-electron chi connectivity index (χ1n) is 8.09. The number of carbonyl (C=O) groups is 1. The number of fused-ring (bicyclic) bond motifs is 1. The number of hydrogen-bond acceptors (Lipinski definition) is 5. The molecule has 0 saturated heterocycles. The second kappa shape index (κ2) is 6.64. The number of imidazole rings is 1. The van der Waals surface area contributed by atoms with Crippen LogP contribution in [0, 0.1) is 0 Å². The Morgan fingerprint density at radius 1 is 1.08 bits per heavy atom. The third-order valence-electron chi connectivity index (χ3n) is 3.98. The van der Waals surface area contributed by atoms with Gasteiger partial charge in [0.1, 0.15) is 0 Å². The number of carbonyl (C=O) groups excluding carboxylic acids is 1. The summed E-state index contributed by atoms with van der Waals surface area (Å²) in [6.07, 6.45) is 3.36. The second-order valence-corrected chi connectivity index (χ2v) is 5.68. The van der Waals surface area contributed by atoms with E-state index in [0.29, 0.717) is 11.5 Å². The third kappa shape index (κ3) is 3.10. The van der Waals surface area contributed by atoms with E-state index in [1.807, 2.05) is 36.4 Å². The normalized spacial score (nSPS) is 10.7. The highest BCUT2D eigenvalue weighted by Gasteiger charge is 2.07. The van der Waals surface area contributed by atoms with Gasteiger partial charge in [0.05, 0.1) is 23.1 Å². The van der Waals surface area contributed by atoms with Gasteiger partial charge in [0.25, 0.3) is 5.91 Å². The maximum atomic E-state index is 11.8. The number of hydrogen-bond donors (Lipinski definition) is 3. The number of H-pyrrole nitrogens is 1. The molecule has 2 aromatic heterocycles. The lowest BCUT2D eigenvalue weighted by Gasteiger charge is -2.08. The molecule has 0 aliphatic carbocycles. The van der Waals surface area contributed by atoms with Crippen molar-refractivity contribution in [1.29, 1.82) is 0 Å². The Morgan fingerprint density at radius 2 is 2.00 bits per heavy atom. The summed E-state index contributed by atoms with van der Waals surface area (Å²) in [6.45, 7) is 0. The zero-order valence-electron chi connectivity index (χ0n) is 14.0. The molecule has 0 saturated carbocycles. The van der Waals surface area contributed by atoms with E-state index in [2.05, 4.69) is 30.6 Å². The summed E-state index contributed by atoms with van der Waals surface area (Å²) in [5.41, 5.74) is 4.91. The number of nitrogens with zero attached hydrogens (tertiary/aromatic N) is 3.